The second kappa shape index (κ2) is 4.28. The summed E-state index contributed by atoms with van der Waals surface area (Å²) in [6.45, 7) is 5.72. The highest BCUT2D eigenvalue weighted by Crippen LogP contribution is 1.82. The fourth-order valence-corrected chi connectivity index (χ4v) is 0.541. The van der Waals surface area contributed by atoms with E-state index in [9.17, 15) is 4.79 Å². The van der Waals surface area contributed by atoms with Gasteiger partial charge in [-0.2, -0.15) is 0 Å². The maximum Gasteiger partial charge on any atom is 0.237 e. The molecule has 10 heavy (non-hydrogen) atoms. The summed E-state index contributed by atoms with van der Waals surface area (Å²) in [6.07, 6.45) is 0. The monoisotopic (exact) mass is 144 g/mol. The normalized spacial score (nSPS) is 13.3. The number of likely N-dealkylation sites (N-methyl/N-ethyl adjacent to an activating group) is 1. The maximum absolute atomic E-state index is 11.0. The van der Waals surface area contributed by atoms with Gasteiger partial charge in [-0.3, -0.25) is 4.79 Å². The van der Waals surface area contributed by atoms with Gasteiger partial charge in [0.25, 0.3) is 0 Å². The molecule has 0 aliphatic carbocycles. The van der Waals surface area contributed by atoms with E-state index in [0.29, 0.717) is 0 Å². The molecule has 0 unspecified atom stereocenters. The van der Waals surface area contributed by atoms with Crippen molar-refractivity contribution in [2.24, 2.45) is 0 Å². The summed E-state index contributed by atoms with van der Waals surface area (Å²) in [5, 5.41) is 5.65. The van der Waals surface area contributed by atoms with Crippen LogP contribution in [-0.2, 0) is 4.79 Å². The number of hydrogen-bond acceptors (Lipinski definition) is 2. The van der Waals surface area contributed by atoms with Crippen LogP contribution in [0.3, 0.4) is 0 Å². The fourth-order valence-electron chi connectivity index (χ4n) is 0.541. The Hall–Kier alpha value is -0.570. The van der Waals surface area contributed by atoms with Crippen molar-refractivity contribution in [3.63, 3.8) is 0 Å². The zero-order valence-corrected chi connectivity index (χ0v) is 7.06. The summed E-state index contributed by atoms with van der Waals surface area (Å²) in [7, 11) is 1.77. The van der Waals surface area contributed by atoms with Crippen molar-refractivity contribution in [2.45, 2.75) is 32.9 Å². The Morgan fingerprint density at radius 2 is 1.80 bits per heavy atom. The molecule has 0 aromatic carbocycles. The molecule has 0 radical (unpaired) electrons. The molecule has 1 amide bonds. The topological polar surface area (TPSA) is 41.1 Å². The molecule has 0 heterocycles. The highest BCUT2D eigenvalue weighted by Gasteiger charge is 2.09. The van der Waals surface area contributed by atoms with E-state index in [2.05, 4.69) is 10.6 Å². The van der Waals surface area contributed by atoms with Crippen LogP contribution in [0.2, 0.25) is 0 Å². The van der Waals surface area contributed by atoms with E-state index >= 15 is 0 Å². The Morgan fingerprint density at radius 1 is 1.30 bits per heavy atom. The van der Waals surface area contributed by atoms with Gasteiger partial charge in [-0.05, 0) is 27.8 Å². The molecule has 0 aliphatic heterocycles. The molecule has 0 saturated heterocycles. The number of nitrogens with one attached hydrogen (secondary N) is 2. The van der Waals surface area contributed by atoms with Crippen molar-refractivity contribution in [1.29, 1.82) is 0 Å². The first-order valence-corrected chi connectivity index (χ1v) is 3.55. The fraction of sp³-hybridized carbons (Fsp3) is 0.857. The first kappa shape index (κ1) is 9.43. The van der Waals surface area contributed by atoms with Crippen LogP contribution in [0.1, 0.15) is 20.8 Å². The van der Waals surface area contributed by atoms with Crippen molar-refractivity contribution in [2.75, 3.05) is 7.05 Å². The van der Waals surface area contributed by atoms with Crippen LogP contribution < -0.4 is 10.6 Å². The smallest absolute Gasteiger partial charge is 0.237 e. The Labute approximate surface area is 62.2 Å². The van der Waals surface area contributed by atoms with Crippen LogP contribution in [0.15, 0.2) is 0 Å². The third-order valence-corrected chi connectivity index (χ3v) is 1.26. The zero-order valence-electron chi connectivity index (χ0n) is 7.06. The highest BCUT2D eigenvalue weighted by molar-refractivity contribution is 5.81. The largest absolute Gasteiger partial charge is 0.353 e. The minimum atomic E-state index is -0.0950. The molecule has 60 valence electrons. The van der Waals surface area contributed by atoms with Crippen molar-refractivity contribution in [1.82, 2.24) is 10.6 Å². The second-order valence-corrected chi connectivity index (χ2v) is 2.67. The van der Waals surface area contributed by atoms with E-state index in [-0.39, 0.29) is 18.0 Å². The molecule has 0 saturated carbocycles. The van der Waals surface area contributed by atoms with Crippen LogP contribution >= 0.6 is 0 Å². The van der Waals surface area contributed by atoms with Crippen LogP contribution in [-0.4, -0.2) is 25.0 Å². The molecule has 0 aliphatic rings. The first-order chi connectivity index (χ1) is 4.57. The Morgan fingerprint density at radius 3 is 2.10 bits per heavy atom. The zero-order chi connectivity index (χ0) is 8.15. The van der Waals surface area contributed by atoms with E-state index in [4.69, 9.17) is 0 Å². The van der Waals surface area contributed by atoms with Gasteiger partial charge in [-0.15, -0.1) is 0 Å². The Kier molecular flexibility index (Phi) is 4.03. The van der Waals surface area contributed by atoms with E-state index < -0.39 is 0 Å². The molecular formula is C7H16N2O. The lowest BCUT2D eigenvalue weighted by Crippen LogP contribution is -2.43. The third kappa shape index (κ3) is 3.45. The van der Waals surface area contributed by atoms with Gasteiger partial charge in [0, 0.05) is 6.04 Å². The van der Waals surface area contributed by atoms with Gasteiger partial charge in [0.05, 0.1) is 6.04 Å². The van der Waals surface area contributed by atoms with Gasteiger partial charge in [0.1, 0.15) is 0 Å². The summed E-state index contributed by atoms with van der Waals surface area (Å²) in [5.74, 6) is 0.0532. The molecule has 0 aromatic heterocycles. The lowest BCUT2D eigenvalue weighted by molar-refractivity contribution is -0.123. The Balaban J connectivity index is 3.62. The van der Waals surface area contributed by atoms with Gasteiger partial charge in [0.15, 0.2) is 0 Å². The summed E-state index contributed by atoms with van der Waals surface area (Å²) < 4.78 is 0. The van der Waals surface area contributed by atoms with E-state index in [0.717, 1.165) is 0 Å². The van der Waals surface area contributed by atoms with Crippen LogP contribution in [0, 0.1) is 0 Å². The predicted molar refractivity (Wildman–Crippen MR) is 41.8 cm³/mol. The van der Waals surface area contributed by atoms with E-state index in [1.807, 2.05) is 20.8 Å². The minimum Gasteiger partial charge on any atom is -0.353 e. The molecule has 1 atom stereocenters. The molecule has 2 N–H and O–H groups in total. The summed E-state index contributed by atoms with van der Waals surface area (Å²) in [4.78, 5) is 11.0. The number of carbonyl (C=O) groups excluding carboxylic acids is 1. The molecule has 0 rings (SSSR count). The predicted octanol–water partition coefficient (Wildman–Crippen LogP) is 0.119. The molecule has 0 fully saturated rings. The summed E-state index contributed by atoms with van der Waals surface area (Å²) >= 11 is 0. The summed E-state index contributed by atoms with van der Waals surface area (Å²) in [5.41, 5.74) is 0. The molecule has 3 heteroatoms. The van der Waals surface area contributed by atoms with Crippen molar-refractivity contribution >= 4 is 5.91 Å². The third-order valence-electron chi connectivity index (χ3n) is 1.26. The number of carbonyl (C=O) groups is 1. The lowest BCUT2D eigenvalue weighted by Gasteiger charge is -2.12. The van der Waals surface area contributed by atoms with Crippen LogP contribution in [0.4, 0.5) is 0 Å². The van der Waals surface area contributed by atoms with Gasteiger partial charge in [-0.1, -0.05) is 0 Å². The number of hydrogen-bond donors (Lipinski definition) is 2. The average Bonchev–Trinajstić information content (AvgIpc) is 1.85. The van der Waals surface area contributed by atoms with Gasteiger partial charge in [0.2, 0.25) is 5.91 Å². The SMILES string of the molecule is CN[C@@H](C)C(=O)NC(C)C. The molecule has 0 bridgehead atoms. The average molecular weight is 144 g/mol. The lowest BCUT2D eigenvalue weighted by atomic mass is 10.3. The highest BCUT2D eigenvalue weighted by atomic mass is 16.2. The van der Waals surface area contributed by atoms with Crippen molar-refractivity contribution < 1.29 is 4.79 Å². The number of amides is 1. The molecule has 3 nitrogen and oxygen atoms in total. The molecular weight excluding hydrogens is 128 g/mol. The van der Waals surface area contributed by atoms with Crippen LogP contribution in [0.5, 0.6) is 0 Å². The Bertz CT molecular complexity index is 112. The van der Waals surface area contributed by atoms with Gasteiger partial charge < -0.3 is 10.6 Å². The van der Waals surface area contributed by atoms with Crippen molar-refractivity contribution in [3.05, 3.63) is 0 Å². The quantitative estimate of drug-likeness (QED) is 0.590. The van der Waals surface area contributed by atoms with Crippen molar-refractivity contribution in [3.8, 4) is 0 Å². The van der Waals surface area contributed by atoms with E-state index in [1.165, 1.54) is 0 Å². The standard InChI is InChI=1S/C7H16N2O/c1-5(2)9-7(10)6(3)8-4/h5-6,8H,1-4H3,(H,9,10)/t6-/m0/s1. The molecule has 0 aromatic rings. The minimum absolute atomic E-state index is 0.0532. The second-order valence-electron chi connectivity index (χ2n) is 2.67. The number of rotatable bonds is 3. The van der Waals surface area contributed by atoms with Gasteiger partial charge in [-0.25, -0.2) is 0 Å². The summed E-state index contributed by atoms with van der Waals surface area (Å²) in [6, 6.07) is 0.130. The maximum atomic E-state index is 11.0. The van der Waals surface area contributed by atoms with E-state index in [1.54, 1.807) is 7.05 Å². The molecule has 0 spiro atoms. The first-order valence-electron chi connectivity index (χ1n) is 3.55. The van der Waals surface area contributed by atoms with Crippen LogP contribution in [0.25, 0.3) is 0 Å². The van der Waals surface area contributed by atoms with Gasteiger partial charge >= 0.3 is 0 Å².